The van der Waals surface area contributed by atoms with E-state index >= 15 is 0 Å². The minimum Gasteiger partial charge on any atom is -0.494 e. The van der Waals surface area contributed by atoms with Crippen LogP contribution in [0.5, 0.6) is 5.75 Å². The summed E-state index contributed by atoms with van der Waals surface area (Å²) in [7, 11) is 0. The Morgan fingerprint density at radius 1 is 1.25 bits per heavy atom. The second-order valence-corrected chi connectivity index (χ2v) is 6.20. The number of carbonyl (C=O) groups is 2. The molecule has 1 saturated heterocycles. The van der Waals surface area contributed by atoms with Gasteiger partial charge in [-0.15, -0.1) is 0 Å². The minimum absolute atomic E-state index is 0.0940. The lowest BCUT2D eigenvalue weighted by atomic mass is 9.98. The molecule has 0 saturated carbocycles. The summed E-state index contributed by atoms with van der Waals surface area (Å²) in [5, 5.41) is 0. The van der Waals surface area contributed by atoms with Crippen molar-refractivity contribution in [1.82, 2.24) is 4.90 Å². The second-order valence-electron chi connectivity index (χ2n) is 6.20. The van der Waals surface area contributed by atoms with Gasteiger partial charge in [0.05, 0.1) is 19.1 Å². The highest BCUT2D eigenvalue weighted by Crippen LogP contribution is 2.19. The van der Waals surface area contributed by atoms with Crippen LogP contribution in [-0.4, -0.2) is 43.1 Å². The van der Waals surface area contributed by atoms with Crippen LogP contribution >= 0.6 is 0 Å². The lowest BCUT2D eigenvalue weighted by molar-refractivity contribution is -0.151. The number of piperidine rings is 1. The number of amides is 1. The summed E-state index contributed by atoms with van der Waals surface area (Å²) >= 11 is 0. The normalized spacial score (nSPS) is 17.4. The average molecular weight is 333 g/mol. The smallest absolute Gasteiger partial charge is 0.310 e. The van der Waals surface area contributed by atoms with Gasteiger partial charge in [-0.05, 0) is 45.2 Å². The zero-order chi connectivity index (χ0) is 17.4. The zero-order valence-electron chi connectivity index (χ0n) is 14.6. The predicted octanol–water partition coefficient (Wildman–Crippen LogP) is 2.96. The van der Waals surface area contributed by atoms with Gasteiger partial charge in [0.2, 0.25) is 5.91 Å². The minimum atomic E-state index is -0.183. The summed E-state index contributed by atoms with van der Waals surface area (Å²) in [6.45, 7) is 5.95. The van der Waals surface area contributed by atoms with Crippen molar-refractivity contribution in [2.24, 2.45) is 5.92 Å². The Balaban J connectivity index is 1.69. The molecule has 0 aliphatic carbocycles. The maximum Gasteiger partial charge on any atom is 0.310 e. The van der Waals surface area contributed by atoms with E-state index in [-0.39, 0.29) is 17.8 Å². The molecule has 0 bridgehead atoms. The van der Waals surface area contributed by atoms with Gasteiger partial charge in [-0.1, -0.05) is 17.7 Å². The maximum atomic E-state index is 12.3. The van der Waals surface area contributed by atoms with Gasteiger partial charge in [0.1, 0.15) is 5.75 Å². The number of ether oxygens (including phenoxy) is 2. The molecule has 24 heavy (non-hydrogen) atoms. The van der Waals surface area contributed by atoms with Crippen LogP contribution in [0.25, 0.3) is 0 Å². The Kier molecular flexibility index (Phi) is 7.09. The van der Waals surface area contributed by atoms with E-state index in [0.717, 1.165) is 25.1 Å². The molecule has 0 aromatic heterocycles. The predicted molar refractivity (Wildman–Crippen MR) is 91.8 cm³/mol. The lowest BCUT2D eigenvalue weighted by Crippen LogP contribution is -2.42. The molecular weight excluding hydrogens is 306 g/mol. The standard InChI is InChI=1S/C19H27NO4/c1-3-23-19(22)16-6-4-12-20(14-16)18(21)7-5-13-24-17-10-8-15(2)9-11-17/h8-11,16H,3-7,12-14H2,1-2H3. The molecule has 1 aromatic rings. The largest absolute Gasteiger partial charge is 0.494 e. The van der Waals surface area contributed by atoms with Gasteiger partial charge in [-0.3, -0.25) is 9.59 Å². The number of hydrogen-bond acceptors (Lipinski definition) is 4. The summed E-state index contributed by atoms with van der Waals surface area (Å²) in [5.41, 5.74) is 1.19. The molecule has 1 aromatic carbocycles. The molecule has 1 atom stereocenters. The number of benzene rings is 1. The van der Waals surface area contributed by atoms with E-state index in [1.54, 1.807) is 11.8 Å². The maximum absolute atomic E-state index is 12.3. The Labute approximate surface area is 143 Å². The van der Waals surface area contributed by atoms with E-state index in [1.165, 1.54) is 5.56 Å². The molecule has 2 rings (SSSR count). The first kappa shape index (κ1) is 18.3. The van der Waals surface area contributed by atoms with Crippen molar-refractivity contribution < 1.29 is 19.1 Å². The number of hydrogen-bond donors (Lipinski definition) is 0. The fourth-order valence-corrected chi connectivity index (χ4v) is 2.86. The second kappa shape index (κ2) is 9.30. The Hall–Kier alpha value is -2.04. The third kappa shape index (κ3) is 5.55. The quantitative estimate of drug-likeness (QED) is 0.569. The van der Waals surface area contributed by atoms with E-state index in [2.05, 4.69) is 0 Å². The molecule has 1 fully saturated rings. The van der Waals surface area contributed by atoms with Crippen LogP contribution in [0.2, 0.25) is 0 Å². The van der Waals surface area contributed by atoms with Gasteiger partial charge >= 0.3 is 5.97 Å². The van der Waals surface area contributed by atoms with Crippen LogP contribution in [-0.2, 0) is 14.3 Å². The molecule has 0 spiro atoms. The fourth-order valence-electron chi connectivity index (χ4n) is 2.86. The molecule has 1 aliphatic rings. The third-order valence-electron chi connectivity index (χ3n) is 4.22. The Morgan fingerprint density at radius 3 is 2.71 bits per heavy atom. The first-order valence-corrected chi connectivity index (χ1v) is 8.74. The molecule has 132 valence electrons. The topological polar surface area (TPSA) is 55.8 Å². The summed E-state index contributed by atoms with van der Waals surface area (Å²) in [6.07, 6.45) is 2.78. The van der Waals surface area contributed by atoms with Crippen molar-refractivity contribution >= 4 is 11.9 Å². The van der Waals surface area contributed by atoms with Crippen LogP contribution < -0.4 is 4.74 Å². The number of nitrogens with zero attached hydrogens (tertiary/aromatic N) is 1. The van der Waals surface area contributed by atoms with Crippen molar-refractivity contribution in [2.45, 2.75) is 39.5 Å². The summed E-state index contributed by atoms with van der Waals surface area (Å²) in [5.74, 6) is 0.564. The highest BCUT2D eigenvalue weighted by Gasteiger charge is 2.28. The number of carbonyl (C=O) groups excluding carboxylic acids is 2. The number of likely N-dealkylation sites (tertiary alicyclic amines) is 1. The number of esters is 1. The molecule has 1 unspecified atom stereocenters. The Morgan fingerprint density at radius 2 is 2.00 bits per heavy atom. The van der Waals surface area contributed by atoms with E-state index in [0.29, 0.717) is 32.6 Å². The van der Waals surface area contributed by atoms with Gasteiger partial charge in [0.15, 0.2) is 0 Å². The van der Waals surface area contributed by atoms with Gasteiger partial charge in [0.25, 0.3) is 0 Å². The van der Waals surface area contributed by atoms with Crippen molar-refractivity contribution in [3.8, 4) is 5.75 Å². The van der Waals surface area contributed by atoms with Crippen molar-refractivity contribution in [1.29, 1.82) is 0 Å². The molecule has 1 amide bonds. The molecule has 0 N–H and O–H groups in total. The molecule has 5 heteroatoms. The number of rotatable bonds is 7. The van der Waals surface area contributed by atoms with Crippen molar-refractivity contribution in [3.63, 3.8) is 0 Å². The first-order valence-electron chi connectivity index (χ1n) is 8.74. The van der Waals surface area contributed by atoms with Gasteiger partial charge in [-0.2, -0.15) is 0 Å². The van der Waals surface area contributed by atoms with Crippen molar-refractivity contribution in [2.75, 3.05) is 26.3 Å². The van der Waals surface area contributed by atoms with Crippen LogP contribution in [0, 0.1) is 12.8 Å². The highest BCUT2D eigenvalue weighted by molar-refractivity contribution is 5.78. The van der Waals surface area contributed by atoms with E-state index in [9.17, 15) is 9.59 Å². The zero-order valence-corrected chi connectivity index (χ0v) is 14.6. The van der Waals surface area contributed by atoms with E-state index in [4.69, 9.17) is 9.47 Å². The van der Waals surface area contributed by atoms with Crippen molar-refractivity contribution in [3.05, 3.63) is 29.8 Å². The molecule has 5 nitrogen and oxygen atoms in total. The highest BCUT2D eigenvalue weighted by atomic mass is 16.5. The first-order chi connectivity index (χ1) is 11.6. The summed E-state index contributed by atoms with van der Waals surface area (Å²) in [6, 6.07) is 7.88. The van der Waals surface area contributed by atoms with Crippen LogP contribution in [0.3, 0.4) is 0 Å². The van der Waals surface area contributed by atoms with E-state index in [1.807, 2.05) is 31.2 Å². The van der Waals surface area contributed by atoms with Crippen LogP contribution in [0.1, 0.15) is 38.2 Å². The molecule has 1 aliphatic heterocycles. The molecular formula is C19H27NO4. The van der Waals surface area contributed by atoms with Crippen LogP contribution in [0.15, 0.2) is 24.3 Å². The molecule has 0 radical (unpaired) electrons. The monoisotopic (exact) mass is 333 g/mol. The van der Waals surface area contributed by atoms with Crippen LogP contribution in [0.4, 0.5) is 0 Å². The van der Waals surface area contributed by atoms with Gasteiger partial charge in [-0.25, -0.2) is 0 Å². The van der Waals surface area contributed by atoms with Gasteiger partial charge < -0.3 is 14.4 Å². The number of aryl methyl sites for hydroxylation is 1. The summed E-state index contributed by atoms with van der Waals surface area (Å²) < 4.78 is 10.7. The summed E-state index contributed by atoms with van der Waals surface area (Å²) in [4.78, 5) is 25.9. The van der Waals surface area contributed by atoms with Gasteiger partial charge in [0, 0.05) is 19.5 Å². The molecule has 1 heterocycles. The average Bonchev–Trinajstić information content (AvgIpc) is 2.60. The SMILES string of the molecule is CCOC(=O)C1CCCN(C(=O)CCCOc2ccc(C)cc2)C1. The third-order valence-corrected chi connectivity index (χ3v) is 4.22. The van der Waals surface area contributed by atoms with E-state index < -0.39 is 0 Å². The Bertz CT molecular complexity index is 541. The lowest BCUT2D eigenvalue weighted by Gasteiger charge is -2.31. The fraction of sp³-hybridized carbons (Fsp3) is 0.579.